The fourth-order valence-corrected chi connectivity index (χ4v) is 4.22. The Morgan fingerprint density at radius 1 is 1.33 bits per heavy atom. The van der Waals surface area contributed by atoms with Gasteiger partial charge in [-0.05, 0) is 32.2 Å². The quantitative estimate of drug-likeness (QED) is 0.794. The predicted molar refractivity (Wildman–Crippen MR) is 82.3 cm³/mol. The third-order valence-electron chi connectivity index (χ3n) is 4.67. The third-order valence-corrected chi connectivity index (χ3v) is 5.98. The van der Waals surface area contributed by atoms with Crippen LogP contribution >= 0.6 is 0 Å². The molecule has 21 heavy (non-hydrogen) atoms. The van der Waals surface area contributed by atoms with E-state index in [0.717, 1.165) is 45.3 Å². The number of nitrogens with zero attached hydrogens (tertiary/aromatic N) is 3. The van der Waals surface area contributed by atoms with Crippen LogP contribution < -0.4 is 5.32 Å². The zero-order valence-electron chi connectivity index (χ0n) is 13.0. The Kier molecular flexibility index (Phi) is 5.25. The minimum absolute atomic E-state index is 0.380. The Morgan fingerprint density at radius 3 is 2.52 bits per heavy atom. The molecule has 1 saturated heterocycles. The van der Waals surface area contributed by atoms with Crippen molar-refractivity contribution in [2.24, 2.45) is 0 Å². The maximum Gasteiger partial charge on any atom is 0.211 e. The monoisotopic (exact) mass is 314 g/mol. The highest BCUT2D eigenvalue weighted by Gasteiger charge is 2.42. The molecule has 0 aromatic carbocycles. The molecule has 1 aliphatic heterocycles. The van der Waals surface area contributed by atoms with Crippen molar-refractivity contribution >= 4 is 10.0 Å². The normalized spacial score (nSPS) is 32.1. The molecular weight excluding hydrogens is 288 g/mol. The Balaban J connectivity index is 1.90. The molecule has 0 bridgehead atoms. The van der Waals surface area contributed by atoms with Crippen molar-refractivity contribution < 1.29 is 8.42 Å². The molecule has 2 fully saturated rings. The molecule has 0 aromatic rings. The number of hydrogen-bond donors (Lipinski definition) is 1. The second kappa shape index (κ2) is 6.61. The van der Waals surface area contributed by atoms with Crippen LogP contribution in [0.1, 0.15) is 32.6 Å². The summed E-state index contributed by atoms with van der Waals surface area (Å²) in [6, 6.07) is 2.87. The maximum atomic E-state index is 11.5. The molecule has 1 aliphatic carbocycles. The second-order valence-electron chi connectivity index (χ2n) is 6.22. The number of hydrogen-bond acceptors (Lipinski definition) is 5. The number of piperazine rings is 1. The first-order chi connectivity index (χ1) is 9.90. The molecular formula is C14H26N4O2S. The number of nitrogens with one attached hydrogen (secondary N) is 1. The van der Waals surface area contributed by atoms with Gasteiger partial charge in [-0.3, -0.25) is 10.2 Å². The molecule has 6 nitrogen and oxygen atoms in total. The van der Waals surface area contributed by atoms with Gasteiger partial charge in [0, 0.05) is 32.2 Å². The number of rotatable bonds is 5. The van der Waals surface area contributed by atoms with Crippen molar-refractivity contribution in [3.63, 3.8) is 0 Å². The summed E-state index contributed by atoms with van der Waals surface area (Å²) in [5.74, 6) is 0. The number of sulfonamides is 1. The van der Waals surface area contributed by atoms with Crippen LogP contribution in [0.5, 0.6) is 0 Å². The molecule has 2 aliphatic rings. The van der Waals surface area contributed by atoms with Crippen LogP contribution in [0.25, 0.3) is 0 Å². The molecule has 7 heteroatoms. The van der Waals surface area contributed by atoms with Gasteiger partial charge < -0.3 is 0 Å². The topological polar surface area (TPSA) is 76.4 Å². The summed E-state index contributed by atoms with van der Waals surface area (Å²) >= 11 is 0. The van der Waals surface area contributed by atoms with Crippen molar-refractivity contribution in [3.8, 4) is 6.07 Å². The lowest BCUT2D eigenvalue weighted by Crippen LogP contribution is -2.52. The van der Waals surface area contributed by atoms with E-state index in [4.69, 9.17) is 0 Å². The van der Waals surface area contributed by atoms with E-state index in [1.165, 1.54) is 6.26 Å². The lowest BCUT2D eigenvalue weighted by atomic mass is 9.99. The van der Waals surface area contributed by atoms with Crippen LogP contribution in [-0.4, -0.2) is 68.2 Å². The van der Waals surface area contributed by atoms with Gasteiger partial charge in [-0.25, -0.2) is 8.42 Å². The molecule has 0 aromatic heterocycles. The van der Waals surface area contributed by atoms with Crippen molar-refractivity contribution in [1.29, 1.82) is 5.26 Å². The Morgan fingerprint density at radius 2 is 2.00 bits per heavy atom. The minimum atomic E-state index is -3.07. The van der Waals surface area contributed by atoms with E-state index in [1.54, 1.807) is 4.31 Å². The van der Waals surface area contributed by atoms with Gasteiger partial charge in [0.25, 0.3) is 0 Å². The molecule has 2 atom stereocenters. The fourth-order valence-electron chi connectivity index (χ4n) is 3.40. The van der Waals surface area contributed by atoms with Crippen molar-refractivity contribution in [2.45, 2.75) is 44.2 Å². The van der Waals surface area contributed by atoms with Crippen LogP contribution in [0.15, 0.2) is 0 Å². The molecule has 0 amide bonds. The van der Waals surface area contributed by atoms with Gasteiger partial charge in [0.2, 0.25) is 10.0 Å². The van der Waals surface area contributed by atoms with E-state index in [1.807, 2.05) is 0 Å². The van der Waals surface area contributed by atoms with Gasteiger partial charge in [-0.1, -0.05) is 6.92 Å². The molecule has 2 unspecified atom stereocenters. The molecule has 0 spiro atoms. The Bertz CT molecular complexity index is 494. The summed E-state index contributed by atoms with van der Waals surface area (Å²) in [7, 11) is -3.07. The standard InChI is InChI=1S/C14H26N4O2S/c1-3-6-16-14(12-15)5-4-13(11-14)17-7-9-18(10-8-17)21(2,19)20/h13,16H,3-11H2,1-2H3. The van der Waals surface area contributed by atoms with Gasteiger partial charge in [-0.2, -0.15) is 9.57 Å². The minimum Gasteiger partial charge on any atom is -0.299 e. The molecule has 0 radical (unpaired) electrons. The van der Waals surface area contributed by atoms with E-state index in [-0.39, 0.29) is 5.54 Å². The Labute approximate surface area is 128 Å². The second-order valence-corrected chi connectivity index (χ2v) is 8.20. The summed E-state index contributed by atoms with van der Waals surface area (Å²) in [6.45, 7) is 5.66. The summed E-state index contributed by atoms with van der Waals surface area (Å²) < 4.78 is 24.6. The van der Waals surface area contributed by atoms with E-state index >= 15 is 0 Å². The van der Waals surface area contributed by atoms with Crippen molar-refractivity contribution in [3.05, 3.63) is 0 Å². The lowest BCUT2D eigenvalue weighted by molar-refractivity contribution is 0.135. The molecule has 1 heterocycles. The van der Waals surface area contributed by atoms with Crippen LogP contribution in [0, 0.1) is 11.3 Å². The predicted octanol–water partition coefficient (Wildman–Crippen LogP) is 0.378. The summed E-state index contributed by atoms with van der Waals surface area (Å²) in [4.78, 5) is 2.36. The Hall–Kier alpha value is -0.680. The lowest BCUT2D eigenvalue weighted by Gasteiger charge is -2.37. The average Bonchev–Trinajstić information content (AvgIpc) is 2.89. The first-order valence-electron chi connectivity index (χ1n) is 7.76. The van der Waals surface area contributed by atoms with Gasteiger partial charge in [0.1, 0.15) is 5.54 Å². The van der Waals surface area contributed by atoms with Crippen LogP contribution in [-0.2, 0) is 10.0 Å². The average molecular weight is 314 g/mol. The summed E-state index contributed by atoms with van der Waals surface area (Å²) in [5.41, 5.74) is -0.380. The van der Waals surface area contributed by atoms with E-state index in [0.29, 0.717) is 19.1 Å². The van der Waals surface area contributed by atoms with Gasteiger partial charge in [0.15, 0.2) is 0 Å². The molecule has 1 N–H and O–H groups in total. The first-order valence-corrected chi connectivity index (χ1v) is 9.60. The van der Waals surface area contributed by atoms with Crippen molar-refractivity contribution in [1.82, 2.24) is 14.5 Å². The SMILES string of the molecule is CCCNC1(C#N)CCC(N2CCN(S(C)(=O)=O)CC2)C1. The highest BCUT2D eigenvalue weighted by Crippen LogP contribution is 2.33. The van der Waals surface area contributed by atoms with Gasteiger partial charge >= 0.3 is 0 Å². The number of nitriles is 1. The zero-order valence-corrected chi connectivity index (χ0v) is 13.8. The molecule has 2 rings (SSSR count). The van der Waals surface area contributed by atoms with E-state index in [2.05, 4.69) is 23.2 Å². The highest BCUT2D eigenvalue weighted by molar-refractivity contribution is 7.88. The molecule has 1 saturated carbocycles. The van der Waals surface area contributed by atoms with E-state index < -0.39 is 10.0 Å². The van der Waals surface area contributed by atoms with Crippen LogP contribution in [0.3, 0.4) is 0 Å². The maximum absolute atomic E-state index is 11.5. The highest BCUT2D eigenvalue weighted by atomic mass is 32.2. The molecule has 120 valence electrons. The van der Waals surface area contributed by atoms with E-state index in [9.17, 15) is 13.7 Å². The van der Waals surface area contributed by atoms with Crippen LogP contribution in [0.4, 0.5) is 0 Å². The van der Waals surface area contributed by atoms with Crippen molar-refractivity contribution in [2.75, 3.05) is 39.0 Å². The largest absolute Gasteiger partial charge is 0.299 e. The zero-order chi connectivity index (χ0) is 15.5. The van der Waals surface area contributed by atoms with Crippen LogP contribution in [0.2, 0.25) is 0 Å². The first kappa shape index (κ1) is 16.7. The fraction of sp³-hybridized carbons (Fsp3) is 0.929. The van der Waals surface area contributed by atoms with Gasteiger partial charge in [0.05, 0.1) is 12.3 Å². The third kappa shape index (κ3) is 3.95. The smallest absolute Gasteiger partial charge is 0.211 e. The summed E-state index contributed by atoms with van der Waals surface area (Å²) in [5, 5.41) is 12.9. The van der Waals surface area contributed by atoms with Gasteiger partial charge in [-0.15, -0.1) is 0 Å². The summed E-state index contributed by atoms with van der Waals surface area (Å²) in [6.07, 6.45) is 5.06.